The number of rotatable bonds is 6. The number of hydrogen-bond acceptors (Lipinski definition) is 5. The summed E-state index contributed by atoms with van der Waals surface area (Å²) in [7, 11) is 1.83. The molecule has 0 aromatic carbocycles. The van der Waals surface area contributed by atoms with Crippen LogP contribution in [0.1, 0.15) is 61.9 Å². The molecule has 1 aliphatic heterocycles. The standard InChI is InChI=1S/C22H34N6O2/c1-16-14-18(24-26(16)5)21(30)23-15-17-8-6-7-11-27(17)12-13-28-20(29)10-9-19(25-28)22(2,3)4/h9-10,14,17H,6-8,11-13,15H2,1-5H3,(H,23,30). The molecule has 0 aliphatic carbocycles. The average molecular weight is 415 g/mol. The lowest BCUT2D eigenvalue weighted by Crippen LogP contribution is -2.48. The van der Waals surface area contributed by atoms with Crippen molar-refractivity contribution in [3.05, 3.63) is 45.6 Å². The Labute approximate surface area is 178 Å². The van der Waals surface area contributed by atoms with Gasteiger partial charge in [-0.2, -0.15) is 10.2 Å². The summed E-state index contributed by atoms with van der Waals surface area (Å²) in [6.45, 7) is 11.0. The first-order chi connectivity index (χ1) is 14.1. The molecule has 1 fully saturated rings. The van der Waals surface area contributed by atoms with Crippen molar-refractivity contribution in [3.8, 4) is 0 Å². The third-order valence-corrected chi connectivity index (χ3v) is 5.83. The number of carbonyl (C=O) groups excluding carboxylic acids is 1. The Morgan fingerprint density at radius 1 is 1.20 bits per heavy atom. The van der Waals surface area contributed by atoms with Crippen LogP contribution in [0.4, 0.5) is 0 Å². The van der Waals surface area contributed by atoms with Crippen molar-refractivity contribution in [1.29, 1.82) is 0 Å². The van der Waals surface area contributed by atoms with Gasteiger partial charge in [0.25, 0.3) is 11.5 Å². The number of nitrogens with one attached hydrogen (secondary N) is 1. The van der Waals surface area contributed by atoms with Crippen molar-refractivity contribution in [2.24, 2.45) is 7.05 Å². The van der Waals surface area contributed by atoms with Gasteiger partial charge in [-0.25, -0.2) is 4.68 Å². The number of amides is 1. The topological polar surface area (TPSA) is 85.1 Å². The van der Waals surface area contributed by atoms with E-state index in [0.29, 0.717) is 18.8 Å². The summed E-state index contributed by atoms with van der Waals surface area (Å²) in [5.41, 5.74) is 2.14. The zero-order chi connectivity index (χ0) is 21.9. The maximum atomic E-state index is 12.5. The molecule has 30 heavy (non-hydrogen) atoms. The van der Waals surface area contributed by atoms with Crippen LogP contribution in [0.15, 0.2) is 23.0 Å². The molecule has 1 aliphatic rings. The van der Waals surface area contributed by atoms with Crippen LogP contribution < -0.4 is 10.9 Å². The van der Waals surface area contributed by atoms with Crippen LogP contribution in [0.5, 0.6) is 0 Å². The zero-order valence-corrected chi connectivity index (χ0v) is 18.8. The maximum Gasteiger partial charge on any atom is 0.271 e. The Kier molecular flexibility index (Phi) is 6.75. The molecule has 2 aromatic heterocycles. The van der Waals surface area contributed by atoms with Crippen molar-refractivity contribution < 1.29 is 4.79 Å². The minimum Gasteiger partial charge on any atom is -0.349 e. The van der Waals surface area contributed by atoms with E-state index in [-0.39, 0.29) is 22.9 Å². The monoisotopic (exact) mass is 414 g/mol. The van der Waals surface area contributed by atoms with E-state index in [4.69, 9.17) is 0 Å². The van der Waals surface area contributed by atoms with Crippen LogP contribution in [-0.4, -0.2) is 56.0 Å². The third-order valence-electron chi connectivity index (χ3n) is 5.83. The average Bonchev–Trinajstić information content (AvgIpc) is 3.04. The number of hydrogen-bond donors (Lipinski definition) is 1. The first-order valence-electron chi connectivity index (χ1n) is 10.8. The second-order valence-corrected chi connectivity index (χ2v) is 9.22. The van der Waals surface area contributed by atoms with E-state index in [1.54, 1.807) is 21.5 Å². The van der Waals surface area contributed by atoms with Crippen LogP contribution in [0.25, 0.3) is 0 Å². The molecule has 1 saturated heterocycles. The number of carbonyl (C=O) groups is 1. The highest BCUT2D eigenvalue weighted by Gasteiger charge is 2.24. The van der Waals surface area contributed by atoms with Crippen LogP contribution >= 0.6 is 0 Å². The summed E-state index contributed by atoms with van der Waals surface area (Å²) < 4.78 is 3.28. The molecule has 164 valence electrons. The molecule has 2 aromatic rings. The van der Waals surface area contributed by atoms with E-state index in [1.807, 2.05) is 20.0 Å². The first-order valence-corrected chi connectivity index (χ1v) is 10.8. The molecule has 0 bridgehead atoms. The van der Waals surface area contributed by atoms with Crippen molar-refractivity contribution in [3.63, 3.8) is 0 Å². The molecule has 1 N–H and O–H groups in total. The van der Waals surface area contributed by atoms with Crippen molar-refractivity contribution in [1.82, 2.24) is 29.8 Å². The fraction of sp³-hybridized carbons (Fsp3) is 0.636. The fourth-order valence-corrected chi connectivity index (χ4v) is 3.79. The summed E-state index contributed by atoms with van der Waals surface area (Å²) >= 11 is 0. The Balaban J connectivity index is 1.61. The lowest BCUT2D eigenvalue weighted by atomic mass is 9.92. The molecule has 8 nitrogen and oxygen atoms in total. The highest BCUT2D eigenvalue weighted by Crippen LogP contribution is 2.19. The molecule has 0 saturated carbocycles. The molecular formula is C22H34N6O2. The fourth-order valence-electron chi connectivity index (χ4n) is 3.79. The number of aryl methyl sites for hydroxylation is 2. The highest BCUT2D eigenvalue weighted by atomic mass is 16.2. The van der Waals surface area contributed by atoms with Crippen molar-refractivity contribution >= 4 is 5.91 Å². The van der Waals surface area contributed by atoms with Gasteiger partial charge in [-0.1, -0.05) is 27.2 Å². The SMILES string of the molecule is Cc1cc(C(=O)NCC2CCCCN2CCn2nc(C(C)(C)C)ccc2=O)nn1C. The van der Waals surface area contributed by atoms with Crippen LogP contribution in [-0.2, 0) is 19.0 Å². The largest absolute Gasteiger partial charge is 0.349 e. The van der Waals surface area contributed by atoms with E-state index in [9.17, 15) is 9.59 Å². The van der Waals surface area contributed by atoms with E-state index in [2.05, 4.69) is 41.2 Å². The number of aromatic nitrogens is 4. The Morgan fingerprint density at radius 3 is 2.63 bits per heavy atom. The second-order valence-electron chi connectivity index (χ2n) is 9.22. The van der Waals surface area contributed by atoms with Crippen LogP contribution in [0, 0.1) is 6.92 Å². The number of likely N-dealkylation sites (tertiary alicyclic amines) is 1. The maximum absolute atomic E-state index is 12.5. The second kappa shape index (κ2) is 9.12. The molecule has 1 unspecified atom stereocenters. The van der Waals surface area contributed by atoms with Crippen LogP contribution in [0.2, 0.25) is 0 Å². The molecule has 8 heteroatoms. The number of piperidine rings is 1. The normalized spacial score (nSPS) is 17.8. The molecular weight excluding hydrogens is 380 g/mol. The van der Waals surface area contributed by atoms with E-state index >= 15 is 0 Å². The van der Waals surface area contributed by atoms with E-state index in [1.165, 1.54) is 0 Å². The third kappa shape index (κ3) is 5.36. The minimum absolute atomic E-state index is 0.0737. The quantitative estimate of drug-likeness (QED) is 0.780. The van der Waals surface area contributed by atoms with Gasteiger partial charge in [-0.3, -0.25) is 19.2 Å². The Morgan fingerprint density at radius 2 is 1.97 bits per heavy atom. The van der Waals surface area contributed by atoms with Gasteiger partial charge in [0.2, 0.25) is 0 Å². The first kappa shape index (κ1) is 22.2. The van der Waals surface area contributed by atoms with E-state index in [0.717, 1.165) is 43.7 Å². The van der Waals surface area contributed by atoms with E-state index < -0.39 is 0 Å². The highest BCUT2D eigenvalue weighted by molar-refractivity contribution is 5.92. The minimum atomic E-state index is -0.139. The Bertz CT molecular complexity index is 920. The predicted octanol–water partition coefficient (Wildman–Crippen LogP) is 1.87. The summed E-state index contributed by atoms with van der Waals surface area (Å²) in [5.74, 6) is -0.139. The molecule has 3 rings (SSSR count). The van der Waals surface area contributed by atoms with Crippen LogP contribution in [0.3, 0.4) is 0 Å². The molecule has 1 amide bonds. The molecule has 3 heterocycles. The van der Waals surface area contributed by atoms with Gasteiger partial charge in [0, 0.05) is 43.4 Å². The van der Waals surface area contributed by atoms with Gasteiger partial charge in [0.15, 0.2) is 0 Å². The summed E-state index contributed by atoms with van der Waals surface area (Å²) in [6.07, 6.45) is 3.32. The lowest BCUT2D eigenvalue weighted by Gasteiger charge is -2.35. The molecule has 1 atom stereocenters. The van der Waals surface area contributed by atoms with Gasteiger partial charge in [-0.15, -0.1) is 0 Å². The van der Waals surface area contributed by atoms with Gasteiger partial charge in [0.1, 0.15) is 5.69 Å². The summed E-state index contributed by atoms with van der Waals surface area (Å²) in [5, 5.41) is 11.9. The van der Waals surface area contributed by atoms with Gasteiger partial charge >= 0.3 is 0 Å². The van der Waals surface area contributed by atoms with Gasteiger partial charge in [-0.05, 0) is 38.4 Å². The van der Waals surface area contributed by atoms with Crippen molar-refractivity contribution in [2.75, 3.05) is 19.6 Å². The van der Waals surface area contributed by atoms with Gasteiger partial charge in [0.05, 0.1) is 12.2 Å². The summed E-state index contributed by atoms with van der Waals surface area (Å²) in [6, 6.07) is 5.48. The number of nitrogens with zero attached hydrogens (tertiary/aromatic N) is 5. The molecule has 0 radical (unpaired) electrons. The Hall–Kier alpha value is -2.48. The lowest BCUT2D eigenvalue weighted by molar-refractivity contribution is 0.0903. The molecule has 0 spiro atoms. The zero-order valence-electron chi connectivity index (χ0n) is 18.8. The predicted molar refractivity (Wildman–Crippen MR) is 117 cm³/mol. The smallest absolute Gasteiger partial charge is 0.271 e. The van der Waals surface area contributed by atoms with Gasteiger partial charge < -0.3 is 5.32 Å². The van der Waals surface area contributed by atoms with Crippen molar-refractivity contribution in [2.45, 2.75) is 65.0 Å². The summed E-state index contributed by atoms with van der Waals surface area (Å²) in [4.78, 5) is 27.1.